The van der Waals surface area contributed by atoms with Crippen LogP contribution in [0.2, 0.25) is 0 Å². The Balaban J connectivity index is 2.55. The number of nitrogens with one attached hydrogen (secondary N) is 1. The second-order valence-electron chi connectivity index (χ2n) is 10.7. The van der Waals surface area contributed by atoms with Crippen LogP contribution < -0.4 is 5.32 Å². The summed E-state index contributed by atoms with van der Waals surface area (Å²) in [6.45, 7) is 7.37. The quantitative estimate of drug-likeness (QED) is 0.113. The van der Waals surface area contributed by atoms with Gasteiger partial charge in [0.1, 0.15) is 18.8 Å². The molecule has 0 spiro atoms. The van der Waals surface area contributed by atoms with Crippen LogP contribution in [0.1, 0.15) is 125 Å². The van der Waals surface area contributed by atoms with E-state index in [9.17, 15) is 19.2 Å². The number of rotatable bonds is 21. The maximum absolute atomic E-state index is 12.0. The number of unbranched alkanes of at least 4 members (excludes halogenated alkanes) is 13. The molecule has 0 aromatic rings. The average molecular weight is 572 g/mol. The third-order valence-corrected chi connectivity index (χ3v) is 6.85. The Kier molecular flexibility index (Phi) is 19.3. The maximum Gasteiger partial charge on any atom is 0.303 e. The molecule has 1 heterocycles. The van der Waals surface area contributed by atoms with Crippen molar-refractivity contribution in [1.82, 2.24) is 5.32 Å². The molecule has 0 aromatic carbocycles. The van der Waals surface area contributed by atoms with Crippen molar-refractivity contribution < 1.29 is 42.9 Å². The minimum Gasteiger partial charge on any atom is -0.463 e. The molecule has 1 fully saturated rings. The van der Waals surface area contributed by atoms with E-state index >= 15 is 0 Å². The van der Waals surface area contributed by atoms with Crippen LogP contribution in [0.5, 0.6) is 0 Å². The van der Waals surface area contributed by atoms with E-state index < -0.39 is 54.5 Å². The molecule has 10 heteroatoms. The van der Waals surface area contributed by atoms with Gasteiger partial charge in [0.2, 0.25) is 5.91 Å². The van der Waals surface area contributed by atoms with Crippen molar-refractivity contribution in [2.24, 2.45) is 0 Å². The highest BCUT2D eigenvalue weighted by molar-refractivity contribution is 5.73. The second-order valence-corrected chi connectivity index (χ2v) is 10.7. The predicted octanol–water partition coefficient (Wildman–Crippen LogP) is 5.14. The zero-order chi connectivity index (χ0) is 29.8. The van der Waals surface area contributed by atoms with Gasteiger partial charge < -0.3 is 29.0 Å². The first-order valence-electron chi connectivity index (χ1n) is 15.2. The van der Waals surface area contributed by atoms with Crippen LogP contribution in [-0.4, -0.2) is 67.7 Å². The minimum absolute atomic E-state index is 0.240. The molecule has 0 saturated carbocycles. The van der Waals surface area contributed by atoms with Gasteiger partial charge in [0.05, 0.1) is 0 Å². The molecule has 0 bridgehead atoms. The zero-order valence-electron chi connectivity index (χ0n) is 25.4. The molecule has 0 aromatic heterocycles. The van der Waals surface area contributed by atoms with Crippen LogP contribution in [0.3, 0.4) is 0 Å². The van der Waals surface area contributed by atoms with Crippen molar-refractivity contribution in [3.8, 4) is 0 Å². The summed E-state index contributed by atoms with van der Waals surface area (Å²) in [5.74, 6) is -2.20. The SMILES string of the molecule is CCCCCCCCCCCCCCCCO[C@@H]1O[C@H](COC(C)=O)[C@H](OC(C)=O)[C@H](OC(C)=O)[C@H]1NC(C)=O. The normalized spacial score (nSPS) is 22.4. The van der Waals surface area contributed by atoms with Crippen LogP contribution in [0, 0.1) is 0 Å². The number of amides is 1. The summed E-state index contributed by atoms with van der Waals surface area (Å²) in [7, 11) is 0. The Morgan fingerprint density at radius 3 is 1.57 bits per heavy atom. The lowest BCUT2D eigenvalue weighted by Crippen LogP contribution is -2.66. The smallest absolute Gasteiger partial charge is 0.303 e. The summed E-state index contributed by atoms with van der Waals surface area (Å²) in [6, 6.07) is -0.925. The van der Waals surface area contributed by atoms with Gasteiger partial charge in [-0.15, -0.1) is 0 Å². The van der Waals surface area contributed by atoms with Crippen LogP contribution in [0.15, 0.2) is 0 Å². The molecule has 1 aliphatic heterocycles. The number of carbonyl (C=O) groups is 4. The van der Waals surface area contributed by atoms with Gasteiger partial charge in [-0.1, -0.05) is 90.4 Å². The molecule has 1 N–H and O–H groups in total. The van der Waals surface area contributed by atoms with Gasteiger partial charge in [0.15, 0.2) is 18.5 Å². The molecule has 1 amide bonds. The van der Waals surface area contributed by atoms with Crippen molar-refractivity contribution >= 4 is 23.8 Å². The first-order valence-corrected chi connectivity index (χ1v) is 15.2. The summed E-state index contributed by atoms with van der Waals surface area (Å²) < 4.78 is 28.0. The van der Waals surface area contributed by atoms with Gasteiger partial charge in [-0.25, -0.2) is 0 Å². The Labute approximate surface area is 240 Å². The first-order chi connectivity index (χ1) is 19.1. The van der Waals surface area contributed by atoms with Crippen molar-refractivity contribution in [1.29, 1.82) is 0 Å². The first kappa shape index (κ1) is 35.8. The fraction of sp³-hybridized carbons (Fsp3) is 0.867. The van der Waals surface area contributed by atoms with Gasteiger partial charge in [0.25, 0.3) is 0 Å². The molecule has 1 rings (SSSR count). The molecule has 10 nitrogen and oxygen atoms in total. The van der Waals surface area contributed by atoms with Crippen molar-refractivity contribution in [2.75, 3.05) is 13.2 Å². The summed E-state index contributed by atoms with van der Waals surface area (Å²) in [6.07, 6.45) is 13.2. The third-order valence-electron chi connectivity index (χ3n) is 6.85. The minimum atomic E-state index is -1.11. The second kappa shape index (κ2) is 21.5. The van der Waals surface area contributed by atoms with E-state index in [1.807, 2.05) is 0 Å². The van der Waals surface area contributed by atoms with Gasteiger partial charge in [-0.05, 0) is 6.42 Å². The van der Waals surface area contributed by atoms with E-state index in [4.69, 9.17) is 23.7 Å². The fourth-order valence-electron chi connectivity index (χ4n) is 4.93. The molecule has 232 valence electrons. The van der Waals surface area contributed by atoms with Crippen LogP contribution in [-0.2, 0) is 42.9 Å². The standard InChI is InChI=1S/C30H53NO9/c1-6-7-8-9-10-11-12-13-14-15-16-17-18-19-20-36-30-27(31-22(2)32)29(39-25(5)35)28(38-24(4)34)26(40-30)21-37-23(3)33/h26-30H,6-21H2,1-5H3,(H,31,32)/t26-,27-,28+,29-,30-/m1/s1. The van der Waals surface area contributed by atoms with Crippen molar-refractivity contribution in [3.63, 3.8) is 0 Å². The monoisotopic (exact) mass is 571 g/mol. The zero-order valence-corrected chi connectivity index (χ0v) is 25.4. The fourth-order valence-corrected chi connectivity index (χ4v) is 4.93. The third kappa shape index (κ3) is 16.2. The molecule has 1 saturated heterocycles. The lowest BCUT2D eigenvalue weighted by molar-refractivity contribution is -0.277. The summed E-state index contributed by atoms with van der Waals surface area (Å²) >= 11 is 0. The predicted molar refractivity (Wildman–Crippen MR) is 150 cm³/mol. The molecule has 1 aliphatic rings. The average Bonchev–Trinajstić information content (AvgIpc) is 2.87. The number of carbonyl (C=O) groups excluding carboxylic acids is 4. The van der Waals surface area contributed by atoms with Crippen LogP contribution >= 0.6 is 0 Å². The van der Waals surface area contributed by atoms with Gasteiger partial charge in [-0.2, -0.15) is 0 Å². The number of ether oxygens (including phenoxy) is 5. The highest BCUT2D eigenvalue weighted by Crippen LogP contribution is 2.28. The van der Waals surface area contributed by atoms with E-state index in [1.54, 1.807) is 0 Å². The Morgan fingerprint density at radius 1 is 0.650 bits per heavy atom. The van der Waals surface area contributed by atoms with E-state index in [0.717, 1.165) is 19.3 Å². The van der Waals surface area contributed by atoms with Crippen LogP contribution in [0.4, 0.5) is 0 Å². The van der Waals surface area contributed by atoms with E-state index in [2.05, 4.69) is 12.2 Å². The summed E-state index contributed by atoms with van der Waals surface area (Å²) in [5, 5.41) is 2.71. The molecule has 0 aliphatic carbocycles. The molecular formula is C30H53NO9. The highest BCUT2D eigenvalue weighted by atomic mass is 16.7. The van der Waals surface area contributed by atoms with Gasteiger partial charge >= 0.3 is 17.9 Å². The molecule has 5 atom stereocenters. The maximum atomic E-state index is 12.0. The molecule has 0 unspecified atom stereocenters. The lowest BCUT2D eigenvalue weighted by atomic mass is 9.96. The topological polar surface area (TPSA) is 126 Å². The largest absolute Gasteiger partial charge is 0.463 e. The Morgan fingerprint density at radius 2 is 1.12 bits per heavy atom. The molecular weight excluding hydrogens is 518 g/mol. The van der Waals surface area contributed by atoms with Crippen molar-refractivity contribution in [3.05, 3.63) is 0 Å². The molecule has 40 heavy (non-hydrogen) atoms. The van der Waals surface area contributed by atoms with E-state index in [-0.39, 0.29) is 6.61 Å². The lowest BCUT2D eigenvalue weighted by Gasteiger charge is -2.44. The van der Waals surface area contributed by atoms with Crippen molar-refractivity contribution in [2.45, 2.75) is 155 Å². The number of hydrogen-bond donors (Lipinski definition) is 1. The van der Waals surface area contributed by atoms with Gasteiger partial charge in [0, 0.05) is 34.3 Å². The summed E-state index contributed by atoms with van der Waals surface area (Å²) in [5.41, 5.74) is 0. The van der Waals surface area contributed by atoms with Gasteiger partial charge in [-0.3, -0.25) is 19.2 Å². The van der Waals surface area contributed by atoms with E-state index in [0.29, 0.717) is 6.61 Å². The highest BCUT2D eigenvalue weighted by Gasteiger charge is 2.51. The number of hydrogen-bond acceptors (Lipinski definition) is 9. The van der Waals surface area contributed by atoms with E-state index in [1.165, 1.54) is 98.3 Å². The molecule has 0 radical (unpaired) electrons. The number of esters is 3. The van der Waals surface area contributed by atoms with Crippen LogP contribution in [0.25, 0.3) is 0 Å². The Hall–Kier alpha value is -2.20. The Bertz CT molecular complexity index is 745. The summed E-state index contributed by atoms with van der Waals surface area (Å²) in [4.78, 5) is 47.2.